The smallest absolute Gasteiger partial charge is 0.123 e. The molecule has 1 saturated heterocycles. The summed E-state index contributed by atoms with van der Waals surface area (Å²) in [6.45, 7) is 5.58. The van der Waals surface area contributed by atoms with Crippen LogP contribution in [-0.4, -0.2) is 37.2 Å². The van der Waals surface area contributed by atoms with Gasteiger partial charge in [-0.05, 0) is 50.1 Å². The van der Waals surface area contributed by atoms with E-state index in [4.69, 9.17) is 10.5 Å². The Morgan fingerprint density at radius 1 is 1.39 bits per heavy atom. The first-order valence-corrected chi connectivity index (χ1v) is 6.51. The van der Waals surface area contributed by atoms with Crippen LogP contribution in [0.3, 0.4) is 0 Å². The highest BCUT2D eigenvalue weighted by molar-refractivity contribution is 5.21. The van der Waals surface area contributed by atoms with Crippen LogP contribution in [0.2, 0.25) is 0 Å². The number of likely N-dealkylation sites (tertiary alicyclic amines) is 1. The van der Waals surface area contributed by atoms with Gasteiger partial charge in [0.05, 0.1) is 0 Å². The minimum Gasteiger partial charge on any atom is -0.492 e. The first kappa shape index (κ1) is 13.3. The van der Waals surface area contributed by atoms with Gasteiger partial charge in [0, 0.05) is 19.1 Å². The van der Waals surface area contributed by atoms with Gasteiger partial charge in [-0.1, -0.05) is 0 Å². The normalized spacial score (nSPS) is 24.4. The van der Waals surface area contributed by atoms with Crippen LogP contribution in [0, 0.1) is 11.7 Å². The molecule has 0 amide bonds. The van der Waals surface area contributed by atoms with E-state index in [-0.39, 0.29) is 5.82 Å². The van der Waals surface area contributed by atoms with Gasteiger partial charge in [0.15, 0.2) is 0 Å². The summed E-state index contributed by atoms with van der Waals surface area (Å²) in [5.41, 5.74) is 5.70. The zero-order chi connectivity index (χ0) is 13.0. The minimum absolute atomic E-state index is 0.235. The zero-order valence-corrected chi connectivity index (χ0v) is 10.8. The van der Waals surface area contributed by atoms with Crippen molar-refractivity contribution >= 4 is 0 Å². The third kappa shape index (κ3) is 3.43. The number of ether oxygens (including phenoxy) is 1. The van der Waals surface area contributed by atoms with E-state index in [1.165, 1.54) is 18.6 Å². The molecule has 100 valence electrons. The van der Waals surface area contributed by atoms with E-state index >= 15 is 0 Å². The Balaban J connectivity index is 1.74. The number of hydrogen-bond donors (Lipinski definition) is 1. The lowest BCUT2D eigenvalue weighted by Crippen LogP contribution is -2.32. The van der Waals surface area contributed by atoms with Crippen LogP contribution >= 0.6 is 0 Å². The molecule has 2 atom stereocenters. The minimum atomic E-state index is -0.235. The number of halogens is 1. The Morgan fingerprint density at radius 3 is 2.72 bits per heavy atom. The van der Waals surface area contributed by atoms with Crippen LogP contribution < -0.4 is 10.5 Å². The van der Waals surface area contributed by atoms with E-state index in [0.717, 1.165) is 25.4 Å². The summed E-state index contributed by atoms with van der Waals surface area (Å²) >= 11 is 0. The average Bonchev–Trinajstić information content (AvgIpc) is 2.73. The van der Waals surface area contributed by atoms with Crippen LogP contribution in [0.4, 0.5) is 4.39 Å². The maximum atomic E-state index is 12.7. The molecule has 18 heavy (non-hydrogen) atoms. The highest BCUT2D eigenvalue weighted by Crippen LogP contribution is 2.21. The lowest BCUT2D eigenvalue weighted by atomic mass is 10.1. The molecule has 1 aromatic rings. The molecule has 0 bridgehead atoms. The van der Waals surface area contributed by atoms with Gasteiger partial charge >= 0.3 is 0 Å². The molecule has 1 aliphatic rings. The molecule has 0 aliphatic carbocycles. The number of nitrogens with zero attached hydrogens (tertiary/aromatic N) is 1. The van der Waals surface area contributed by atoms with Gasteiger partial charge in [-0.15, -0.1) is 0 Å². The third-order valence-corrected chi connectivity index (χ3v) is 3.58. The van der Waals surface area contributed by atoms with Crippen LogP contribution in [0.25, 0.3) is 0 Å². The molecule has 1 heterocycles. The Hall–Kier alpha value is -1.13. The summed E-state index contributed by atoms with van der Waals surface area (Å²) in [6, 6.07) is 6.73. The van der Waals surface area contributed by atoms with Gasteiger partial charge in [0.25, 0.3) is 0 Å². The first-order valence-electron chi connectivity index (χ1n) is 6.51. The number of rotatable bonds is 5. The Morgan fingerprint density at radius 2 is 2.11 bits per heavy atom. The van der Waals surface area contributed by atoms with Crippen LogP contribution in [0.5, 0.6) is 5.75 Å². The third-order valence-electron chi connectivity index (χ3n) is 3.58. The summed E-state index contributed by atoms with van der Waals surface area (Å²) in [5.74, 6) is 1.10. The molecule has 0 radical (unpaired) electrons. The molecular weight excluding hydrogens is 231 g/mol. The van der Waals surface area contributed by atoms with E-state index in [2.05, 4.69) is 11.8 Å². The number of hydrogen-bond acceptors (Lipinski definition) is 3. The molecule has 2 N–H and O–H groups in total. The maximum Gasteiger partial charge on any atom is 0.123 e. The van der Waals surface area contributed by atoms with Crippen molar-refractivity contribution in [3.05, 3.63) is 30.1 Å². The predicted octanol–water partition coefficient (Wildman–Crippen LogP) is 1.87. The lowest BCUT2D eigenvalue weighted by molar-refractivity contribution is 0.202. The summed E-state index contributed by atoms with van der Waals surface area (Å²) in [6.07, 6.45) is 1.17. The number of benzene rings is 1. The van der Waals surface area contributed by atoms with Crippen molar-refractivity contribution in [3.63, 3.8) is 0 Å². The highest BCUT2D eigenvalue weighted by atomic mass is 19.1. The molecule has 3 nitrogen and oxygen atoms in total. The van der Waals surface area contributed by atoms with Gasteiger partial charge in [-0.2, -0.15) is 0 Å². The molecule has 4 heteroatoms. The maximum absolute atomic E-state index is 12.7. The van der Waals surface area contributed by atoms with E-state index in [1.807, 2.05) is 0 Å². The van der Waals surface area contributed by atoms with E-state index < -0.39 is 0 Å². The fourth-order valence-corrected chi connectivity index (χ4v) is 2.51. The Kier molecular flexibility index (Phi) is 4.55. The van der Waals surface area contributed by atoms with Gasteiger partial charge in [-0.3, -0.25) is 4.90 Å². The molecule has 2 unspecified atom stereocenters. The number of nitrogens with two attached hydrogens (primary N) is 1. The van der Waals surface area contributed by atoms with Crippen molar-refractivity contribution in [2.75, 3.05) is 26.2 Å². The second kappa shape index (κ2) is 6.16. The average molecular weight is 252 g/mol. The van der Waals surface area contributed by atoms with Gasteiger partial charge in [0.1, 0.15) is 18.2 Å². The molecule has 1 aromatic carbocycles. The fourth-order valence-electron chi connectivity index (χ4n) is 2.51. The zero-order valence-electron chi connectivity index (χ0n) is 10.8. The Bertz CT molecular complexity index is 369. The predicted molar refractivity (Wildman–Crippen MR) is 70.1 cm³/mol. The van der Waals surface area contributed by atoms with Crippen molar-refractivity contribution in [3.8, 4) is 5.75 Å². The van der Waals surface area contributed by atoms with Crippen molar-refractivity contribution in [1.29, 1.82) is 0 Å². The topological polar surface area (TPSA) is 38.5 Å². The fraction of sp³-hybridized carbons (Fsp3) is 0.571. The SMILES string of the molecule is CC1CC(CN)CN1CCOc1ccc(F)cc1. The lowest BCUT2D eigenvalue weighted by Gasteiger charge is -2.20. The summed E-state index contributed by atoms with van der Waals surface area (Å²) < 4.78 is 18.3. The van der Waals surface area contributed by atoms with Crippen molar-refractivity contribution in [2.45, 2.75) is 19.4 Å². The van der Waals surface area contributed by atoms with Gasteiger partial charge < -0.3 is 10.5 Å². The van der Waals surface area contributed by atoms with E-state index in [9.17, 15) is 4.39 Å². The second-order valence-corrected chi connectivity index (χ2v) is 4.98. The van der Waals surface area contributed by atoms with E-state index in [0.29, 0.717) is 18.6 Å². The second-order valence-electron chi connectivity index (χ2n) is 4.98. The van der Waals surface area contributed by atoms with E-state index in [1.54, 1.807) is 12.1 Å². The molecule has 1 aliphatic heterocycles. The van der Waals surface area contributed by atoms with Crippen molar-refractivity contribution in [1.82, 2.24) is 4.90 Å². The standard InChI is InChI=1S/C14H21FN2O/c1-11-8-12(9-16)10-17(11)6-7-18-14-4-2-13(15)3-5-14/h2-5,11-12H,6-10,16H2,1H3. The molecule has 1 fully saturated rings. The largest absolute Gasteiger partial charge is 0.492 e. The van der Waals surface area contributed by atoms with Crippen molar-refractivity contribution < 1.29 is 9.13 Å². The quantitative estimate of drug-likeness (QED) is 0.869. The highest BCUT2D eigenvalue weighted by Gasteiger charge is 2.27. The molecule has 0 aromatic heterocycles. The molecule has 0 spiro atoms. The molecule has 0 saturated carbocycles. The van der Waals surface area contributed by atoms with Crippen molar-refractivity contribution in [2.24, 2.45) is 11.7 Å². The molecular formula is C14H21FN2O. The van der Waals surface area contributed by atoms with Gasteiger partial charge in [-0.25, -0.2) is 4.39 Å². The summed E-state index contributed by atoms with van der Waals surface area (Å²) in [7, 11) is 0. The Labute approximate surface area is 108 Å². The van der Waals surface area contributed by atoms with Crippen LogP contribution in [0.15, 0.2) is 24.3 Å². The van der Waals surface area contributed by atoms with Gasteiger partial charge in [0.2, 0.25) is 0 Å². The summed E-state index contributed by atoms with van der Waals surface area (Å²) in [5, 5.41) is 0. The van der Waals surface area contributed by atoms with Crippen LogP contribution in [-0.2, 0) is 0 Å². The van der Waals surface area contributed by atoms with Crippen LogP contribution in [0.1, 0.15) is 13.3 Å². The monoisotopic (exact) mass is 252 g/mol. The summed E-state index contributed by atoms with van der Waals surface area (Å²) in [4.78, 5) is 2.40. The first-order chi connectivity index (χ1) is 8.69. The molecule has 2 rings (SSSR count).